The van der Waals surface area contributed by atoms with Gasteiger partial charge in [-0.05, 0) is 50.5 Å². The molecule has 1 amide bonds. The Morgan fingerprint density at radius 2 is 1.77 bits per heavy atom. The normalized spacial score (nSPS) is 20.9. The lowest BCUT2D eigenvalue weighted by Gasteiger charge is -2.37. The van der Waals surface area contributed by atoms with E-state index in [1.807, 2.05) is 38.1 Å². The van der Waals surface area contributed by atoms with E-state index in [-0.39, 0.29) is 23.3 Å². The van der Waals surface area contributed by atoms with E-state index in [4.69, 9.17) is 4.74 Å². The van der Waals surface area contributed by atoms with Crippen molar-refractivity contribution in [2.75, 3.05) is 13.1 Å². The van der Waals surface area contributed by atoms with Gasteiger partial charge >= 0.3 is 0 Å². The van der Waals surface area contributed by atoms with E-state index in [1.165, 1.54) is 0 Å². The van der Waals surface area contributed by atoms with E-state index in [0.29, 0.717) is 30.6 Å². The minimum absolute atomic E-state index is 0.0313. The summed E-state index contributed by atoms with van der Waals surface area (Å²) < 4.78 is 32.6. The summed E-state index contributed by atoms with van der Waals surface area (Å²) in [6.07, 6.45) is 2.51. The Labute approximate surface area is 178 Å². The second-order valence-corrected chi connectivity index (χ2v) is 10.7. The Kier molecular flexibility index (Phi) is 5.59. The van der Waals surface area contributed by atoms with Gasteiger partial charge in [0, 0.05) is 30.6 Å². The van der Waals surface area contributed by atoms with Gasteiger partial charge < -0.3 is 10.1 Å². The van der Waals surface area contributed by atoms with Crippen LogP contribution in [0.1, 0.15) is 60.6 Å². The summed E-state index contributed by atoms with van der Waals surface area (Å²) >= 11 is 0. The van der Waals surface area contributed by atoms with Crippen LogP contribution in [0.2, 0.25) is 0 Å². The maximum atomic E-state index is 12.9. The van der Waals surface area contributed by atoms with Crippen LogP contribution in [-0.4, -0.2) is 37.3 Å². The summed E-state index contributed by atoms with van der Waals surface area (Å²) in [7, 11) is -3.30. The fraction of sp³-hybridized carbons (Fsp3) is 0.435. The molecule has 1 N–H and O–H groups in total. The molecular formula is C23H28N2O4S. The average Bonchev–Trinajstić information content (AvgIpc) is 3.23. The average molecular weight is 429 g/mol. The van der Waals surface area contributed by atoms with Crippen molar-refractivity contribution in [1.82, 2.24) is 9.62 Å². The highest BCUT2D eigenvalue weighted by atomic mass is 32.2. The molecule has 160 valence electrons. The lowest BCUT2D eigenvalue weighted by Crippen LogP contribution is -2.41. The number of benzene rings is 2. The van der Waals surface area contributed by atoms with Crippen molar-refractivity contribution in [2.45, 2.75) is 50.5 Å². The lowest BCUT2D eigenvalue weighted by molar-refractivity contribution is 0.0619. The molecule has 0 unspecified atom stereocenters. The fourth-order valence-electron chi connectivity index (χ4n) is 4.19. The van der Waals surface area contributed by atoms with Crippen LogP contribution in [-0.2, 0) is 15.8 Å². The molecule has 6 nitrogen and oxygen atoms in total. The van der Waals surface area contributed by atoms with Crippen molar-refractivity contribution < 1.29 is 17.9 Å². The van der Waals surface area contributed by atoms with E-state index in [2.05, 4.69) is 5.32 Å². The number of sulfonamides is 1. The van der Waals surface area contributed by atoms with Gasteiger partial charge in [-0.1, -0.05) is 30.3 Å². The van der Waals surface area contributed by atoms with Crippen molar-refractivity contribution in [3.8, 4) is 5.75 Å². The third-order valence-corrected chi connectivity index (χ3v) is 7.56. The van der Waals surface area contributed by atoms with E-state index in [9.17, 15) is 13.2 Å². The Bertz CT molecular complexity index is 1030. The number of nitrogens with zero attached hydrogens (tertiary/aromatic N) is 1. The van der Waals surface area contributed by atoms with E-state index < -0.39 is 10.0 Å². The van der Waals surface area contributed by atoms with Crippen molar-refractivity contribution in [3.63, 3.8) is 0 Å². The molecule has 0 aliphatic carbocycles. The zero-order chi connectivity index (χ0) is 21.4. The molecular weight excluding hydrogens is 400 g/mol. The number of fused-ring (bicyclic) bond motifs is 1. The highest BCUT2D eigenvalue weighted by Crippen LogP contribution is 2.39. The first-order chi connectivity index (χ1) is 14.2. The molecule has 4 rings (SSSR count). The van der Waals surface area contributed by atoms with Gasteiger partial charge in [0.1, 0.15) is 11.4 Å². The highest BCUT2D eigenvalue weighted by molar-refractivity contribution is 7.88. The van der Waals surface area contributed by atoms with Gasteiger partial charge in [0.15, 0.2) is 0 Å². The second-order valence-electron chi connectivity index (χ2n) is 8.69. The predicted octanol–water partition coefficient (Wildman–Crippen LogP) is 3.64. The first-order valence-corrected chi connectivity index (χ1v) is 12.0. The van der Waals surface area contributed by atoms with Gasteiger partial charge in [0.2, 0.25) is 10.0 Å². The molecule has 7 heteroatoms. The number of rotatable bonds is 5. The molecule has 0 saturated carbocycles. The maximum Gasteiger partial charge on any atom is 0.251 e. The Morgan fingerprint density at radius 3 is 2.47 bits per heavy atom. The minimum atomic E-state index is -3.30. The lowest BCUT2D eigenvalue weighted by atomic mass is 9.89. The summed E-state index contributed by atoms with van der Waals surface area (Å²) in [5, 5.41) is 3.11. The van der Waals surface area contributed by atoms with Crippen LogP contribution >= 0.6 is 0 Å². The largest absolute Gasteiger partial charge is 0.487 e. The molecule has 2 aromatic rings. The van der Waals surface area contributed by atoms with E-state index in [0.717, 1.165) is 24.2 Å². The Morgan fingerprint density at radius 1 is 1.10 bits per heavy atom. The molecule has 0 spiro atoms. The SMILES string of the molecule is CC1(C)C[C@@H](NC(=O)c2ccc(CS(=O)(=O)N3CCCC3)cc2)c2ccccc2O1. The van der Waals surface area contributed by atoms with Crippen molar-refractivity contribution in [2.24, 2.45) is 0 Å². The summed E-state index contributed by atoms with van der Waals surface area (Å²) in [6, 6.07) is 14.5. The number of amides is 1. The van der Waals surface area contributed by atoms with Crippen LogP contribution < -0.4 is 10.1 Å². The number of carbonyl (C=O) groups is 1. The first-order valence-electron chi connectivity index (χ1n) is 10.4. The van der Waals surface area contributed by atoms with Crippen LogP contribution in [0, 0.1) is 0 Å². The summed E-state index contributed by atoms with van der Waals surface area (Å²) in [5.74, 6) is 0.583. The van der Waals surface area contributed by atoms with Gasteiger partial charge in [-0.2, -0.15) is 0 Å². The van der Waals surface area contributed by atoms with Gasteiger partial charge in [-0.3, -0.25) is 4.79 Å². The topological polar surface area (TPSA) is 75.7 Å². The van der Waals surface area contributed by atoms with Gasteiger partial charge in [-0.15, -0.1) is 0 Å². The molecule has 30 heavy (non-hydrogen) atoms. The number of ether oxygens (including phenoxy) is 1. The molecule has 0 aromatic heterocycles. The first kappa shape index (κ1) is 20.9. The third kappa shape index (κ3) is 4.52. The summed E-state index contributed by atoms with van der Waals surface area (Å²) in [4.78, 5) is 12.9. The van der Waals surface area contributed by atoms with Crippen molar-refractivity contribution in [3.05, 3.63) is 65.2 Å². The molecule has 1 atom stereocenters. The number of nitrogens with one attached hydrogen (secondary N) is 1. The molecule has 2 heterocycles. The Hall–Kier alpha value is -2.38. The summed E-state index contributed by atoms with van der Waals surface area (Å²) in [6.45, 7) is 5.23. The number of hydrogen-bond donors (Lipinski definition) is 1. The standard InChI is InChI=1S/C23H28N2O4S/c1-23(2)15-20(19-7-3-4-8-21(19)29-23)24-22(26)18-11-9-17(10-12-18)16-30(27,28)25-13-5-6-14-25/h3-4,7-12,20H,5-6,13-16H2,1-2H3,(H,24,26)/t20-/m1/s1. The number of para-hydroxylation sites is 1. The molecule has 2 aliphatic rings. The number of carbonyl (C=O) groups excluding carboxylic acids is 1. The van der Waals surface area contributed by atoms with Crippen molar-refractivity contribution in [1.29, 1.82) is 0 Å². The third-order valence-electron chi connectivity index (χ3n) is 5.71. The van der Waals surface area contributed by atoms with Crippen LogP contribution in [0.4, 0.5) is 0 Å². The van der Waals surface area contributed by atoms with Crippen LogP contribution in [0.15, 0.2) is 48.5 Å². The molecule has 2 aliphatic heterocycles. The van der Waals surface area contributed by atoms with Gasteiger partial charge in [0.05, 0.1) is 11.8 Å². The van der Waals surface area contributed by atoms with E-state index >= 15 is 0 Å². The van der Waals surface area contributed by atoms with Crippen LogP contribution in [0.25, 0.3) is 0 Å². The molecule has 0 radical (unpaired) electrons. The van der Waals surface area contributed by atoms with Crippen LogP contribution in [0.5, 0.6) is 5.75 Å². The zero-order valence-corrected chi connectivity index (χ0v) is 18.2. The van der Waals surface area contributed by atoms with Crippen LogP contribution in [0.3, 0.4) is 0 Å². The maximum absolute atomic E-state index is 12.9. The predicted molar refractivity (Wildman–Crippen MR) is 116 cm³/mol. The van der Waals surface area contributed by atoms with Gasteiger partial charge in [-0.25, -0.2) is 12.7 Å². The summed E-state index contributed by atoms with van der Waals surface area (Å²) in [5.41, 5.74) is 1.80. The highest BCUT2D eigenvalue weighted by Gasteiger charge is 2.34. The smallest absolute Gasteiger partial charge is 0.251 e. The minimum Gasteiger partial charge on any atom is -0.487 e. The molecule has 0 bridgehead atoms. The quantitative estimate of drug-likeness (QED) is 0.789. The number of hydrogen-bond acceptors (Lipinski definition) is 4. The van der Waals surface area contributed by atoms with Gasteiger partial charge in [0.25, 0.3) is 5.91 Å². The second kappa shape index (κ2) is 8.04. The molecule has 1 saturated heterocycles. The molecule has 1 fully saturated rings. The zero-order valence-electron chi connectivity index (χ0n) is 17.4. The fourth-order valence-corrected chi connectivity index (χ4v) is 5.80. The Balaban J connectivity index is 1.45. The molecule has 2 aromatic carbocycles. The van der Waals surface area contributed by atoms with Crippen molar-refractivity contribution >= 4 is 15.9 Å². The monoisotopic (exact) mass is 428 g/mol. The van der Waals surface area contributed by atoms with E-state index in [1.54, 1.807) is 28.6 Å².